The zero-order valence-electron chi connectivity index (χ0n) is 24.9. The maximum atomic E-state index is 11.6. The topological polar surface area (TPSA) is 129 Å². The van der Waals surface area contributed by atoms with Gasteiger partial charge in [0.25, 0.3) is 0 Å². The minimum atomic E-state index is -1.00. The van der Waals surface area contributed by atoms with Gasteiger partial charge < -0.3 is 39.5 Å². The largest absolute Gasteiger partial charge is 0.481 e. The molecule has 0 spiro atoms. The molecule has 15 atom stereocenters. The molecule has 6 fully saturated rings. The molecule has 0 radical (unpaired) electrons. The maximum Gasteiger partial charge on any atom is 0.303 e. The molecule has 4 N–H and O–H groups in total. The fourth-order valence-electron chi connectivity index (χ4n) is 11.2. The summed E-state index contributed by atoms with van der Waals surface area (Å²) in [7, 11) is 3.72. The number of aliphatic carboxylic acids is 1. The van der Waals surface area contributed by atoms with E-state index in [1.54, 1.807) is 0 Å². The summed E-state index contributed by atoms with van der Waals surface area (Å²) in [6.07, 6.45) is 5.15. The average Bonchev–Trinajstić information content (AvgIpc) is 3.09. The minimum absolute atomic E-state index is 0.00643. The zero-order valence-corrected chi connectivity index (χ0v) is 24.9. The van der Waals surface area contributed by atoms with Gasteiger partial charge in [0.15, 0.2) is 12.6 Å². The van der Waals surface area contributed by atoms with Crippen LogP contribution in [0.5, 0.6) is 0 Å². The van der Waals surface area contributed by atoms with E-state index in [4.69, 9.17) is 14.2 Å². The van der Waals surface area contributed by atoms with Crippen LogP contribution in [0.1, 0.15) is 85.0 Å². The third-order valence-electron chi connectivity index (χ3n) is 13.2. The molecule has 0 unspecified atom stereocenters. The van der Waals surface area contributed by atoms with Gasteiger partial charge in [-0.15, -0.1) is 0 Å². The molecule has 2 saturated heterocycles. The van der Waals surface area contributed by atoms with E-state index in [-0.39, 0.29) is 40.8 Å². The van der Waals surface area contributed by atoms with Gasteiger partial charge in [0.2, 0.25) is 0 Å². The van der Waals surface area contributed by atoms with Crippen molar-refractivity contribution in [3.05, 3.63) is 0 Å². The third-order valence-corrected chi connectivity index (χ3v) is 13.2. The molecule has 9 nitrogen and oxygen atoms in total. The number of carboxylic acid groups (broad SMARTS) is 1. The van der Waals surface area contributed by atoms with Crippen LogP contribution in [-0.4, -0.2) is 94.0 Å². The summed E-state index contributed by atoms with van der Waals surface area (Å²) < 4.78 is 19.1. The molecule has 6 aliphatic rings. The standard InChI is InChI=1S/C31H51NO8/c1-16-25(35)24(32(4)5)26(36)28(38-16)39-18-8-11-29(2)17(14-18)6-7-22-21(29)9-12-30(3)20-10-13-31(22,30)40-27(37)19(20)15-23(33)34/h16-22,24-28,35-37H,6-15H2,1-5H3,(H,33,34)/t16-,17+,18-,19-,20+,21-,22+,24-,25-,26+,27+,28-,29-,30+,31-/m0/s1. The monoisotopic (exact) mass is 565 g/mol. The van der Waals surface area contributed by atoms with Gasteiger partial charge in [0, 0.05) is 11.3 Å². The molecule has 4 aliphatic carbocycles. The number of hydrogen-bond acceptors (Lipinski definition) is 8. The van der Waals surface area contributed by atoms with Crippen LogP contribution in [0.2, 0.25) is 0 Å². The van der Waals surface area contributed by atoms with Crippen LogP contribution in [0.15, 0.2) is 0 Å². The van der Waals surface area contributed by atoms with Crippen molar-refractivity contribution in [2.75, 3.05) is 14.1 Å². The lowest BCUT2D eigenvalue weighted by Gasteiger charge is -2.67. The maximum absolute atomic E-state index is 11.6. The summed E-state index contributed by atoms with van der Waals surface area (Å²) in [6, 6.07) is -0.440. The number of carbonyl (C=O) groups is 1. The van der Waals surface area contributed by atoms with Crippen LogP contribution in [-0.2, 0) is 19.0 Å². The van der Waals surface area contributed by atoms with E-state index < -0.39 is 42.9 Å². The van der Waals surface area contributed by atoms with Crippen molar-refractivity contribution < 1.29 is 39.4 Å². The first-order valence-electron chi connectivity index (χ1n) is 15.7. The predicted molar refractivity (Wildman–Crippen MR) is 146 cm³/mol. The van der Waals surface area contributed by atoms with Crippen molar-refractivity contribution in [2.45, 2.75) is 134 Å². The van der Waals surface area contributed by atoms with Crippen LogP contribution in [0.3, 0.4) is 0 Å². The molecule has 2 aliphatic heterocycles. The quantitative estimate of drug-likeness (QED) is 0.372. The van der Waals surface area contributed by atoms with E-state index in [1.165, 1.54) is 0 Å². The first-order valence-corrected chi connectivity index (χ1v) is 15.7. The van der Waals surface area contributed by atoms with Crippen molar-refractivity contribution in [3.63, 3.8) is 0 Å². The highest BCUT2D eigenvalue weighted by Gasteiger charge is 2.72. The summed E-state index contributed by atoms with van der Waals surface area (Å²) in [5.41, 5.74) is -0.296. The summed E-state index contributed by atoms with van der Waals surface area (Å²) in [6.45, 7) is 6.63. The van der Waals surface area contributed by atoms with Crippen molar-refractivity contribution in [2.24, 2.45) is 40.4 Å². The Morgan fingerprint density at radius 3 is 2.38 bits per heavy atom. The number of hydrogen-bond donors (Lipinski definition) is 4. The van der Waals surface area contributed by atoms with Gasteiger partial charge >= 0.3 is 5.97 Å². The molecule has 40 heavy (non-hydrogen) atoms. The van der Waals surface area contributed by atoms with Gasteiger partial charge in [0.05, 0.1) is 36.4 Å². The number of likely N-dealkylation sites (N-methyl/N-ethyl adjacent to an activating group) is 1. The van der Waals surface area contributed by atoms with Crippen LogP contribution in [0.4, 0.5) is 0 Å². The number of carboxylic acids is 1. The van der Waals surface area contributed by atoms with Crippen molar-refractivity contribution in [3.8, 4) is 0 Å². The normalized spacial score (nSPS) is 55.8. The van der Waals surface area contributed by atoms with E-state index in [1.807, 2.05) is 25.9 Å². The number of rotatable bonds is 5. The van der Waals surface area contributed by atoms with Gasteiger partial charge in [-0.25, -0.2) is 0 Å². The number of ether oxygens (including phenoxy) is 3. The summed E-state index contributed by atoms with van der Waals surface area (Å²) >= 11 is 0. The molecule has 0 aromatic heterocycles. The van der Waals surface area contributed by atoms with E-state index in [0.29, 0.717) is 17.8 Å². The SMILES string of the molecule is C[C@@H]1O[C@@H](O[C@H]2CC[C@@]3(C)[C@H](CC[C@@H]4[C@@H]3CC[C@]3(C)[C@@H]5CC[C@]43O[C@@H](O)[C@H]5CC(=O)O)C2)[C@H](O)[C@@H](N(C)C)[C@H]1O. The second-order valence-corrected chi connectivity index (χ2v) is 14.9. The van der Waals surface area contributed by atoms with E-state index in [0.717, 1.165) is 57.8 Å². The Hall–Kier alpha value is -0.810. The molecule has 0 amide bonds. The fourth-order valence-corrected chi connectivity index (χ4v) is 11.2. The van der Waals surface area contributed by atoms with Crippen LogP contribution < -0.4 is 0 Å². The number of aliphatic hydroxyl groups is 3. The number of nitrogens with zero attached hydrogens (tertiary/aromatic N) is 1. The smallest absolute Gasteiger partial charge is 0.303 e. The summed E-state index contributed by atoms with van der Waals surface area (Å²) in [5.74, 6) is 0.394. The van der Waals surface area contributed by atoms with Gasteiger partial charge in [-0.3, -0.25) is 4.79 Å². The highest BCUT2D eigenvalue weighted by atomic mass is 16.7. The average molecular weight is 566 g/mol. The Balaban J connectivity index is 1.17. The fraction of sp³-hybridized carbons (Fsp3) is 0.968. The third kappa shape index (κ3) is 4.16. The van der Waals surface area contributed by atoms with Crippen molar-refractivity contribution >= 4 is 5.97 Å². The van der Waals surface area contributed by atoms with Crippen LogP contribution in [0, 0.1) is 40.4 Å². The van der Waals surface area contributed by atoms with Crippen molar-refractivity contribution in [1.82, 2.24) is 4.90 Å². The highest BCUT2D eigenvalue weighted by Crippen LogP contribution is 2.73. The molecule has 228 valence electrons. The first kappa shape index (κ1) is 29.3. The lowest BCUT2D eigenvalue weighted by atomic mass is 9.42. The van der Waals surface area contributed by atoms with Gasteiger partial charge in [-0.1, -0.05) is 13.8 Å². The van der Waals surface area contributed by atoms with Gasteiger partial charge in [-0.2, -0.15) is 0 Å². The molecule has 9 heteroatoms. The molecule has 0 aromatic carbocycles. The minimum Gasteiger partial charge on any atom is -0.481 e. The van der Waals surface area contributed by atoms with E-state index in [9.17, 15) is 25.2 Å². The van der Waals surface area contributed by atoms with E-state index >= 15 is 0 Å². The molecule has 0 aromatic rings. The Morgan fingerprint density at radius 1 is 0.950 bits per heavy atom. The zero-order chi connectivity index (χ0) is 28.8. The molecule has 2 heterocycles. The van der Waals surface area contributed by atoms with Gasteiger partial charge in [-0.05, 0) is 108 Å². The second-order valence-electron chi connectivity index (χ2n) is 14.9. The molecule has 6 rings (SSSR count). The molecule has 2 bridgehead atoms. The number of fused-ring (bicyclic) bond motifs is 3. The number of aliphatic hydroxyl groups excluding tert-OH is 3. The molecule has 4 saturated carbocycles. The molecular weight excluding hydrogens is 514 g/mol. The van der Waals surface area contributed by atoms with Gasteiger partial charge in [0.1, 0.15) is 6.10 Å². The highest BCUT2D eigenvalue weighted by molar-refractivity contribution is 5.67. The Morgan fingerprint density at radius 2 is 1.68 bits per heavy atom. The Bertz CT molecular complexity index is 979. The molecular formula is C31H51NO8. The summed E-state index contributed by atoms with van der Waals surface area (Å²) in [4.78, 5) is 13.5. The lowest BCUT2D eigenvalue weighted by Crippen LogP contribution is -2.67. The lowest BCUT2D eigenvalue weighted by molar-refractivity contribution is -0.334. The summed E-state index contributed by atoms with van der Waals surface area (Å²) in [5, 5.41) is 42.2. The first-order chi connectivity index (χ1) is 18.8. The van der Waals surface area contributed by atoms with Crippen LogP contribution in [0.25, 0.3) is 0 Å². The Labute approximate surface area is 238 Å². The van der Waals surface area contributed by atoms with E-state index in [2.05, 4.69) is 13.8 Å². The predicted octanol–water partition coefficient (Wildman–Crippen LogP) is 2.99. The second kappa shape index (κ2) is 10.1. The van der Waals surface area contributed by atoms with Crippen molar-refractivity contribution in [1.29, 1.82) is 0 Å². The Kier molecular flexibility index (Phi) is 7.42. The van der Waals surface area contributed by atoms with Crippen LogP contribution >= 0.6 is 0 Å².